The van der Waals surface area contributed by atoms with E-state index in [2.05, 4.69) is 21.3 Å². The number of aliphatic hydroxyl groups is 1. The van der Waals surface area contributed by atoms with Gasteiger partial charge < -0.3 is 36.6 Å². The highest BCUT2D eigenvalue weighted by molar-refractivity contribution is 5.94. The Balaban J connectivity index is 1.82. The molecule has 1 fully saturated rings. The molecule has 0 aromatic heterocycles. The molecule has 3 rings (SSSR count). The van der Waals surface area contributed by atoms with Crippen molar-refractivity contribution in [1.82, 2.24) is 21.3 Å². The number of carboxylic acid groups (broad SMARTS) is 1. The summed E-state index contributed by atoms with van der Waals surface area (Å²) >= 11 is 0. The first-order chi connectivity index (χ1) is 18.1. The molecule has 1 heterocycles. The zero-order valence-electron chi connectivity index (χ0n) is 21.1. The Morgan fingerprint density at radius 3 is 2.03 bits per heavy atom. The van der Waals surface area contributed by atoms with E-state index < -0.39 is 48.1 Å². The van der Waals surface area contributed by atoms with Crippen LogP contribution in [0.15, 0.2) is 54.6 Å². The minimum Gasteiger partial charge on any atom is -0.508 e. The highest BCUT2D eigenvalue weighted by Gasteiger charge is 2.33. The Labute approximate surface area is 220 Å². The van der Waals surface area contributed by atoms with E-state index in [0.29, 0.717) is 24.1 Å². The van der Waals surface area contributed by atoms with Crippen LogP contribution in [-0.4, -0.2) is 75.8 Å². The van der Waals surface area contributed by atoms with Gasteiger partial charge in [0, 0.05) is 12.8 Å². The van der Waals surface area contributed by atoms with E-state index in [1.54, 1.807) is 42.5 Å². The average Bonchev–Trinajstić information content (AvgIpc) is 3.43. The van der Waals surface area contributed by atoms with Crippen molar-refractivity contribution in [3.8, 4) is 5.75 Å². The lowest BCUT2D eigenvalue weighted by atomic mass is 10.0. The summed E-state index contributed by atoms with van der Waals surface area (Å²) in [4.78, 5) is 51.0. The predicted molar refractivity (Wildman–Crippen MR) is 138 cm³/mol. The molecule has 3 amide bonds. The second-order valence-electron chi connectivity index (χ2n) is 9.40. The van der Waals surface area contributed by atoms with Gasteiger partial charge in [0.1, 0.15) is 17.8 Å². The molecule has 7 N–H and O–H groups in total. The molecule has 38 heavy (non-hydrogen) atoms. The lowest BCUT2D eigenvalue weighted by Gasteiger charge is -2.26. The molecule has 1 aliphatic rings. The Kier molecular flexibility index (Phi) is 10.2. The number of aromatic hydroxyl groups is 1. The van der Waals surface area contributed by atoms with Crippen LogP contribution in [0.4, 0.5) is 0 Å². The van der Waals surface area contributed by atoms with Gasteiger partial charge in [0.2, 0.25) is 17.7 Å². The van der Waals surface area contributed by atoms with Gasteiger partial charge in [0.05, 0.1) is 12.1 Å². The predicted octanol–water partition coefficient (Wildman–Crippen LogP) is -0.151. The van der Waals surface area contributed by atoms with Gasteiger partial charge in [-0.15, -0.1) is 0 Å². The Morgan fingerprint density at radius 2 is 1.47 bits per heavy atom. The van der Waals surface area contributed by atoms with Gasteiger partial charge in [-0.25, -0.2) is 4.79 Å². The molecule has 0 spiro atoms. The number of rotatable bonds is 12. The number of hydrogen-bond acceptors (Lipinski definition) is 7. The van der Waals surface area contributed by atoms with E-state index in [9.17, 15) is 34.5 Å². The second kappa shape index (κ2) is 13.5. The molecule has 0 saturated carbocycles. The summed E-state index contributed by atoms with van der Waals surface area (Å²) in [5, 5.41) is 39.6. The summed E-state index contributed by atoms with van der Waals surface area (Å²) < 4.78 is 0. The quantitative estimate of drug-likeness (QED) is 0.200. The first kappa shape index (κ1) is 28.6. The summed E-state index contributed by atoms with van der Waals surface area (Å²) in [5.74, 6) is -3.13. The topological polar surface area (TPSA) is 177 Å². The smallest absolute Gasteiger partial charge is 0.328 e. The van der Waals surface area contributed by atoms with Crippen molar-refractivity contribution in [3.63, 3.8) is 0 Å². The fraction of sp³-hybridized carbons (Fsp3) is 0.407. The molecule has 11 heteroatoms. The van der Waals surface area contributed by atoms with Crippen LogP contribution in [0, 0.1) is 0 Å². The van der Waals surface area contributed by atoms with Crippen molar-refractivity contribution in [2.24, 2.45) is 0 Å². The molecule has 5 atom stereocenters. The fourth-order valence-corrected chi connectivity index (χ4v) is 4.23. The molecule has 1 aliphatic heterocycles. The fourth-order valence-electron chi connectivity index (χ4n) is 4.23. The normalized spacial score (nSPS) is 18.0. The van der Waals surface area contributed by atoms with Gasteiger partial charge >= 0.3 is 5.97 Å². The largest absolute Gasteiger partial charge is 0.508 e. The minimum absolute atomic E-state index is 0.0502. The molecule has 2 aromatic rings. The van der Waals surface area contributed by atoms with Crippen LogP contribution in [0.3, 0.4) is 0 Å². The number of benzene rings is 2. The Bertz CT molecular complexity index is 1100. The van der Waals surface area contributed by atoms with Gasteiger partial charge in [-0.2, -0.15) is 0 Å². The second-order valence-corrected chi connectivity index (χ2v) is 9.40. The zero-order valence-corrected chi connectivity index (χ0v) is 21.1. The molecular formula is C27H34N4O7. The van der Waals surface area contributed by atoms with Crippen LogP contribution in [-0.2, 0) is 32.0 Å². The number of hydrogen-bond donors (Lipinski definition) is 7. The van der Waals surface area contributed by atoms with Crippen LogP contribution in [0.1, 0.15) is 30.9 Å². The molecule has 0 aliphatic carbocycles. The van der Waals surface area contributed by atoms with E-state index in [0.717, 1.165) is 6.42 Å². The SMILES string of the molecule is CC(O)C(NC(=O)C(Cc1ccccc1)NC(=O)C(Cc1ccc(O)cc1)NC(=O)C1CCCN1)C(=O)O. The number of phenolic OH excluding ortho intramolecular Hbond substituents is 1. The molecule has 1 saturated heterocycles. The van der Waals surface area contributed by atoms with Crippen molar-refractivity contribution in [3.05, 3.63) is 65.7 Å². The zero-order chi connectivity index (χ0) is 27.7. The number of carboxylic acids is 1. The van der Waals surface area contributed by atoms with Crippen molar-refractivity contribution >= 4 is 23.7 Å². The number of aliphatic carboxylic acids is 1. The van der Waals surface area contributed by atoms with Crippen LogP contribution in [0.25, 0.3) is 0 Å². The maximum absolute atomic E-state index is 13.5. The molecule has 11 nitrogen and oxygen atoms in total. The lowest BCUT2D eigenvalue weighted by Crippen LogP contribution is -2.59. The van der Waals surface area contributed by atoms with Crippen LogP contribution in [0.5, 0.6) is 5.75 Å². The summed E-state index contributed by atoms with van der Waals surface area (Å²) in [6.07, 6.45) is 0.240. The first-order valence-electron chi connectivity index (χ1n) is 12.5. The summed E-state index contributed by atoms with van der Waals surface area (Å²) in [6, 6.07) is 10.8. The first-order valence-corrected chi connectivity index (χ1v) is 12.5. The van der Waals surface area contributed by atoms with E-state index in [1.807, 2.05) is 0 Å². The van der Waals surface area contributed by atoms with Crippen molar-refractivity contribution in [2.75, 3.05) is 6.54 Å². The summed E-state index contributed by atoms with van der Waals surface area (Å²) in [7, 11) is 0. The number of carbonyl (C=O) groups excluding carboxylic acids is 3. The number of aliphatic hydroxyl groups excluding tert-OH is 1. The van der Waals surface area contributed by atoms with Gasteiger partial charge in [-0.05, 0) is 49.6 Å². The molecule has 0 radical (unpaired) electrons. The third kappa shape index (κ3) is 8.29. The van der Waals surface area contributed by atoms with Gasteiger partial charge in [0.15, 0.2) is 6.04 Å². The van der Waals surface area contributed by atoms with Crippen LogP contribution < -0.4 is 21.3 Å². The van der Waals surface area contributed by atoms with Gasteiger partial charge in [-0.1, -0.05) is 42.5 Å². The third-order valence-corrected chi connectivity index (χ3v) is 6.35. The number of carbonyl (C=O) groups is 4. The molecule has 2 aromatic carbocycles. The maximum Gasteiger partial charge on any atom is 0.328 e. The Hall–Kier alpha value is -3.96. The van der Waals surface area contributed by atoms with Gasteiger partial charge in [-0.3, -0.25) is 14.4 Å². The molecule has 0 bridgehead atoms. The number of nitrogens with one attached hydrogen (secondary N) is 4. The van der Waals surface area contributed by atoms with E-state index in [4.69, 9.17) is 0 Å². The number of amides is 3. The highest BCUT2D eigenvalue weighted by Crippen LogP contribution is 2.13. The van der Waals surface area contributed by atoms with Crippen molar-refractivity contribution in [2.45, 2.75) is 62.9 Å². The lowest BCUT2D eigenvalue weighted by molar-refractivity contribution is -0.145. The number of phenols is 1. The minimum atomic E-state index is -1.57. The standard InChI is InChI=1S/C27H34N4O7/c1-16(32)23(27(37)38)31-26(36)22(14-17-6-3-2-4-7-17)30-25(35)21(15-18-9-11-19(33)12-10-18)29-24(34)20-8-5-13-28-20/h2-4,6-7,9-12,16,20-23,28,32-33H,5,8,13-15H2,1H3,(H,29,34)(H,30,35)(H,31,36)(H,37,38). The maximum atomic E-state index is 13.5. The molecule has 5 unspecified atom stereocenters. The van der Waals surface area contributed by atoms with E-state index in [1.165, 1.54) is 19.1 Å². The van der Waals surface area contributed by atoms with E-state index >= 15 is 0 Å². The third-order valence-electron chi connectivity index (χ3n) is 6.35. The Morgan fingerprint density at radius 1 is 0.895 bits per heavy atom. The summed E-state index contributed by atoms with van der Waals surface area (Å²) in [6.45, 7) is 1.93. The summed E-state index contributed by atoms with van der Waals surface area (Å²) in [5.41, 5.74) is 1.39. The molecule has 204 valence electrons. The molecular weight excluding hydrogens is 492 g/mol. The van der Waals surface area contributed by atoms with Crippen molar-refractivity contribution < 1.29 is 34.5 Å². The average molecular weight is 527 g/mol. The van der Waals surface area contributed by atoms with Crippen LogP contribution >= 0.6 is 0 Å². The van der Waals surface area contributed by atoms with Crippen LogP contribution in [0.2, 0.25) is 0 Å². The van der Waals surface area contributed by atoms with Crippen molar-refractivity contribution in [1.29, 1.82) is 0 Å². The van der Waals surface area contributed by atoms with Gasteiger partial charge in [0.25, 0.3) is 0 Å². The monoisotopic (exact) mass is 526 g/mol. The van der Waals surface area contributed by atoms with E-state index in [-0.39, 0.29) is 24.5 Å². The highest BCUT2D eigenvalue weighted by atomic mass is 16.4.